The Morgan fingerprint density at radius 1 is 1.45 bits per heavy atom. The molecule has 3 heterocycles. The van der Waals surface area contributed by atoms with E-state index in [1.165, 1.54) is 0 Å². The summed E-state index contributed by atoms with van der Waals surface area (Å²) in [5.74, 6) is -4.24. The Morgan fingerprint density at radius 3 is 2.36 bits per heavy atom. The zero-order valence-corrected chi connectivity index (χ0v) is 5.85. The maximum atomic E-state index is 10.7. The molecule has 0 amide bonds. The van der Waals surface area contributed by atoms with E-state index < -0.39 is 25.9 Å². The molecule has 62 valence electrons. The lowest BCUT2D eigenvalue weighted by molar-refractivity contribution is -0.326. The third-order valence-corrected chi connectivity index (χ3v) is 2.60. The van der Waals surface area contributed by atoms with E-state index in [0.29, 0.717) is 0 Å². The van der Waals surface area contributed by atoms with E-state index in [9.17, 15) is 9.36 Å². The molecule has 3 rings (SSSR count). The average molecular weight is 182 g/mol. The highest BCUT2D eigenvalue weighted by molar-refractivity contribution is 7.50. The lowest BCUT2D eigenvalue weighted by atomic mass is 10.3. The van der Waals surface area contributed by atoms with E-state index in [4.69, 9.17) is 10.2 Å². The van der Waals surface area contributed by atoms with Gasteiger partial charge in [0.1, 0.15) is 0 Å². The van der Waals surface area contributed by atoms with E-state index in [-0.39, 0.29) is 0 Å². The second-order valence-corrected chi connectivity index (χ2v) is 3.55. The zero-order valence-electron chi connectivity index (χ0n) is 4.96. The van der Waals surface area contributed by atoms with Crippen LogP contribution in [0.5, 0.6) is 0 Å². The van der Waals surface area contributed by atoms with Gasteiger partial charge in [0.25, 0.3) is 5.78 Å². The molecule has 0 atom stereocenters. The van der Waals surface area contributed by atoms with E-state index >= 15 is 0 Å². The van der Waals surface area contributed by atoms with Crippen molar-refractivity contribution in [1.82, 2.24) is 0 Å². The molecule has 3 aliphatic heterocycles. The zero-order chi connectivity index (χ0) is 8.28. The Kier molecular flexibility index (Phi) is 1.15. The van der Waals surface area contributed by atoms with Crippen LogP contribution >= 0.6 is 7.82 Å². The van der Waals surface area contributed by atoms with E-state index in [1.54, 1.807) is 0 Å². The fourth-order valence-electron chi connectivity index (χ4n) is 0.736. The highest BCUT2D eigenvalue weighted by atomic mass is 31.2. The van der Waals surface area contributed by atoms with Crippen molar-refractivity contribution in [3.63, 3.8) is 0 Å². The van der Waals surface area contributed by atoms with Crippen molar-refractivity contribution in [1.29, 1.82) is 0 Å². The van der Waals surface area contributed by atoms with Gasteiger partial charge in [0, 0.05) is 0 Å². The molecular formula is C3H3O7P. The molecule has 8 heteroatoms. The third kappa shape index (κ3) is 0.871. The highest BCUT2D eigenvalue weighted by Crippen LogP contribution is 2.66. The van der Waals surface area contributed by atoms with Crippen LogP contribution in [0.15, 0.2) is 0 Å². The Labute approximate surface area is 60.1 Å². The van der Waals surface area contributed by atoms with Crippen LogP contribution in [0.2, 0.25) is 0 Å². The van der Waals surface area contributed by atoms with Crippen LogP contribution in [0.3, 0.4) is 0 Å². The number of hydrogen-bond acceptors (Lipinski definition) is 7. The minimum absolute atomic E-state index is 1.21. The number of hydrogen-bond donors (Lipinski definition) is 2. The Bertz CT molecular complexity index is 259. The predicted octanol–water partition coefficient (Wildman–Crippen LogP) is -1.29. The van der Waals surface area contributed by atoms with Gasteiger partial charge in [0.05, 0.1) is 0 Å². The number of fused-ring (bicyclic) bond motifs is 2. The minimum Gasteiger partial charge on any atom is -0.337 e. The van der Waals surface area contributed by atoms with Crippen molar-refractivity contribution in [2.45, 2.75) is 12.3 Å². The molecule has 11 heavy (non-hydrogen) atoms. The van der Waals surface area contributed by atoms with Crippen LogP contribution in [-0.2, 0) is 22.9 Å². The second kappa shape index (κ2) is 1.71. The van der Waals surface area contributed by atoms with Crippen molar-refractivity contribution in [3.05, 3.63) is 0 Å². The van der Waals surface area contributed by atoms with E-state index in [1.807, 2.05) is 0 Å². The summed E-state index contributed by atoms with van der Waals surface area (Å²) in [5.41, 5.74) is 0. The monoisotopic (exact) mass is 182 g/mol. The van der Waals surface area contributed by atoms with Gasteiger partial charge in [-0.2, -0.15) is 0 Å². The summed E-state index contributed by atoms with van der Waals surface area (Å²) >= 11 is 0. The largest absolute Gasteiger partial charge is 0.485 e. The smallest absolute Gasteiger partial charge is 0.337 e. The van der Waals surface area contributed by atoms with Gasteiger partial charge in [0.15, 0.2) is 0 Å². The second-order valence-electron chi connectivity index (χ2n) is 2.05. The Balaban J connectivity index is 2.32. The summed E-state index contributed by atoms with van der Waals surface area (Å²) < 4.78 is 23.1. The lowest BCUT2D eigenvalue weighted by Crippen LogP contribution is -2.57. The fourth-order valence-corrected chi connectivity index (χ4v) is 1.90. The van der Waals surface area contributed by atoms with Gasteiger partial charge in [-0.3, -0.25) is 4.79 Å². The van der Waals surface area contributed by atoms with Gasteiger partial charge in [0.2, 0.25) is 6.29 Å². The minimum atomic E-state index is -3.82. The molecule has 3 aliphatic rings. The number of phosphoric ester groups is 1. The van der Waals surface area contributed by atoms with Gasteiger partial charge in [-0.25, -0.2) is 18.1 Å². The van der Waals surface area contributed by atoms with Gasteiger partial charge < -0.3 is 10.2 Å². The van der Waals surface area contributed by atoms with Crippen LogP contribution in [0.25, 0.3) is 0 Å². The summed E-state index contributed by atoms with van der Waals surface area (Å²) in [6.07, 6.45) is -1.47. The first kappa shape index (κ1) is 7.35. The molecule has 2 bridgehead atoms. The van der Waals surface area contributed by atoms with E-state index in [0.717, 1.165) is 0 Å². The molecule has 0 spiro atoms. The summed E-state index contributed by atoms with van der Waals surface area (Å²) in [7, 11) is -3.82. The number of ketones is 1. The predicted molar refractivity (Wildman–Crippen MR) is 26.8 cm³/mol. The molecule has 7 nitrogen and oxygen atoms in total. The van der Waals surface area contributed by atoms with Crippen LogP contribution < -0.4 is 0 Å². The maximum Gasteiger partial charge on any atom is 0.485 e. The average Bonchev–Trinajstić information content (AvgIpc) is 1.76. The molecule has 0 aromatic carbocycles. The van der Waals surface area contributed by atoms with Crippen molar-refractivity contribution in [3.8, 4) is 0 Å². The number of carbonyl (C=O) groups excluding carboxylic acids is 1. The molecule has 0 aromatic heterocycles. The maximum absolute atomic E-state index is 10.7. The molecule has 0 radical (unpaired) electrons. The van der Waals surface area contributed by atoms with Crippen LogP contribution in [0.4, 0.5) is 0 Å². The number of carbonyl (C=O) groups is 1. The van der Waals surface area contributed by atoms with Gasteiger partial charge in [-0.15, -0.1) is 0 Å². The van der Waals surface area contributed by atoms with Crippen LogP contribution in [0.1, 0.15) is 0 Å². The van der Waals surface area contributed by atoms with Crippen molar-refractivity contribution in [2.24, 2.45) is 0 Å². The number of rotatable bonds is 0. The first-order valence-corrected chi connectivity index (χ1v) is 4.06. The molecule has 0 aromatic rings. The first-order chi connectivity index (χ1) is 4.93. The lowest BCUT2D eigenvalue weighted by Gasteiger charge is -2.41. The number of phosphoric acid groups is 1. The molecule has 0 saturated carbocycles. The first-order valence-electron chi connectivity index (χ1n) is 2.60. The van der Waals surface area contributed by atoms with Crippen LogP contribution in [-0.4, -0.2) is 28.3 Å². The van der Waals surface area contributed by atoms with Crippen molar-refractivity contribution in [2.75, 3.05) is 0 Å². The van der Waals surface area contributed by atoms with Crippen molar-refractivity contribution >= 4 is 13.6 Å². The topological polar surface area (TPSA) is 102 Å². The highest BCUT2D eigenvalue weighted by Gasteiger charge is 2.65. The van der Waals surface area contributed by atoms with E-state index in [2.05, 4.69) is 13.6 Å². The summed E-state index contributed by atoms with van der Waals surface area (Å²) in [4.78, 5) is 10.6. The number of Topliss-reactive ketones (excluding diaryl/α,β-unsaturated/α-hetero) is 1. The summed E-state index contributed by atoms with van der Waals surface area (Å²) in [6.45, 7) is 0. The normalized spacial score (nSPS) is 46.7. The fraction of sp³-hybridized carbons (Fsp3) is 0.667. The van der Waals surface area contributed by atoms with Gasteiger partial charge in [-0.05, 0) is 0 Å². The number of aliphatic hydroxyl groups is 2. The summed E-state index contributed by atoms with van der Waals surface area (Å²) in [6, 6.07) is 0. The van der Waals surface area contributed by atoms with Gasteiger partial charge >= 0.3 is 13.8 Å². The van der Waals surface area contributed by atoms with Gasteiger partial charge in [-0.1, -0.05) is 0 Å². The Hall–Kier alpha value is -0.300. The standard InChI is InChI=1S/C3H3O7P/c4-1-2-8-11(7,9-2)10-3(1,5)6/h2,5-6H. The quantitative estimate of drug-likeness (QED) is 0.354. The molecular weight excluding hydrogens is 179 g/mol. The van der Waals surface area contributed by atoms with Crippen molar-refractivity contribution < 1.29 is 33.1 Å². The Morgan fingerprint density at radius 2 is 2.00 bits per heavy atom. The SMILES string of the molecule is O=C1C2OP(=O)(O2)OC1(O)O. The molecule has 3 fully saturated rings. The van der Waals surface area contributed by atoms with Crippen LogP contribution in [0, 0.1) is 0 Å². The summed E-state index contributed by atoms with van der Waals surface area (Å²) in [5, 5.41) is 17.3. The third-order valence-electron chi connectivity index (χ3n) is 1.22. The molecule has 0 unspecified atom stereocenters. The molecule has 3 saturated heterocycles. The molecule has 2 N–H and O–H groups in total. The molecule has 0 aliphatic carbocycles.